The third-order valence-electron chi connectivity index (χ3n) is 8.20. The number of hydrogen-bond acceptors (Lipinski definition) is 1. The highest BCUT2D eigenvalue weighted by atomic mass is 15.0. The molecule has 1 aromatic heterocycles. The van der Waals surface area contributed by atoms with E-state index in [-0.39, 0.29) is 0 Å². The quantitative estimate of drug-likeness (QED) is 0.458. The zero-order valence-electron chi connectivity index (χ0n) is 19.2. The summed E-state index contributed by atoms with van der Waals surface area (Å²) in [6.45, 7) is 2.43. The highest BCUT2D eigenvalue weighted by molar-refractivity contribution is 5.91. The first-order chi connectivity index (χ1) is 16.3. The monoisotopic (exact) mass is 430 g/mol. The van der Waals surface area contributed by atoms with Gasteiger partial charge < -0.3 is 9.88 Å². The number of nitrogens with zero attached hydrogens (tertiary/aromatic N) is 1. The zero-order chi connectivity index (χ0) is 21.9. The molecule has 33 heavy (non-hydrogen) atoms. The molecule has 3 aliphatic carbocycles. The number of para-hydroxylation sites is 2. The van der Waals surface area contributed by atoms with E-state index in [4.69, 9.17) is 0 Å². The van der Waals surface area contributed by atoms with Crippen molar-refractivity contribution < 1.29 is 0 Å². The Balaban J connectivity index is 1.38. The molecule has 0 saturated carbocycles. The number of benzene rings is 2. The van der Waals surface area contributed by atoms with Gasteiger partial charge in [0.2, 0.25) is 0 Å². The molecule has 1 N–H and O–H groups in total. The van der Waals surface area contributed by atoms with Crippen LogP contribution in [0.15, 0.2) is 95.2 Å². The van der Waals surface area contributed by atoms with Gasteiger partial charge in [-0.2, -0.15) is 0 Å². The Morgan fingerprint density at radius 1 is 0.970 bits per heavy atom. The summed E-state index contributed by atoms with van der Waals surface area (Å²) in [5, 5.41) is 5.25. The van der Waals surface area contributed by atoms with Crippen molar-refractivity contribution in [3.63, 3.8) is 0 Å². The molecular weight excluding hydrogens is 400 g/mol. The van der Waals surface area contributed by atoms with E-state index in [2.05, 4.69) is 95.7 Å². The summed E-state index contributed by atoms with van der Waals surface area (Å²) in [5.41, 5.74) is 11.6. The van der Waals surface area contributed by atoms with Gasteiger partial charge in [-0.3, -0.25) is 0 Å². The van der Waals surface area contributed by atoms with E-state index in [0.717, 1.165) is 6.42 Å². The van der Waals surface area contributed by atoms with Crippen LogP contribution < -0.4 is 5.32 Å². The fourth-order valence-corrected chi connectivity index (χ4v) is 6.65. The molecule has 3 aromatic rings. The second-order valence-electron chi connectivity index (χ2n) is 10.1. The molecule has 7 rings (SSSR count). The van der Waals surface area contributed by atoms with Crippen LogP contribution in [-0.2, 0) is 6.42 Å². The van der Waals surface area contributed by atoms with Gasteiger partial charge in [0, 0.05) is 28.7 Å². The topological polar surface area (TPSA) is 17.0 Å². The van der Waals surface area contributed by atoms with Crippen LogP contribution in [-0.4, -0.2) is 10.6 Å². The zero-order valence-corrected chi connectivity index (χ0v) is 19.2. The summed E-state index contributed by atoms with van der Waals surface area (Å²) in [6, 6.07) is 20.4. The molecule has 164 valence electrons. The van der Waals surface area contributed by atoms with Crippen LogP contribution in [0.5, 0.6) is 0 Å². The molecule has 0 spiro atoms. The number of nitrogens with one attached hydrogen (secondary N) is 1. The van der Waals surface area contributed by atoms with E-state index in [9.17, 15) is 0 Å². The van der Waals surface area contributed by atoms with Gasteiger partial charge >= 0.3 is 0 Å². The van der Waals surface area contributed by atoms with Gasteiger partial charge in [-0.1, -0.05) is 61.5 Å². The first-order valence-corrected chi connectivity index (χ1v) is 12.5. The van der Waals surface area contributed by atoms with Crippen LogP contribution in [0.2, 0.25) is 0 Å². The van der Waals surface area contributed by atoms with Gasteiger partial charge in [-0.05, 0) is 84.6 Å². The summed E-state index contributed by atoms with van der Waals surface area (Å²) < 4.78 is 2.48. The van der Waals surface area contributed by atoms with Gasteiger partial charge in [0.25, 0.3) is 0 Å². The Kier molecular flexibility index (Phi) is 4.30. The molecule has 2 heterocycles. The van der Waals surface area contributed by atoms with Crippen molar-refractivity contribution in [1.29, 1.82) is 0 Å². The highest BCUT2D eigenvalue weighted by Gasteiger charge is 2.36. The third-order valence-corrected chi connectivity index (χ3v) is 8.20. The number of rotatable bonds is 2. The predicted octanol–water partition coefficient (Wildman–Crippen LogP) is 7.12. The van der Waals surface area contributed by atoms with Gasteiger partial charge in [0.15, 0.2) is 0 Å². The predicted molar refractivity (Wildman–Crippen MR) is 137 cm³/mol. The number of hydrogen-bond donors (Lipinski definition) is 1. The van der Waals surface area contributed by atoms with E-state index in [1.54, 1.807) is 16.7 Å². The maximum atomic E-state index is 3.85. The maximum Gasteiger partial charge on any atom is 0.0537 e. The lowest BCUT2D eigenvalue weighted by atomic mass is 9.75. The highest BCUT2D eigenvalue weighted by Crippen LogP contribution is 2.45. The molecule has 1 aliphatic heterocycles. The smallest absolute Gasteiger partial charge is 0.0537 e. The van der Waals surface area contributed by atoms with Crippen LogP contribution in [0.25, 0.3) is 22.7 Å². The number of fused-ring (bicyclic) bond motifs is 5. The lowest BCUT2D eigenvalue weighted by Crippen LogP contribution is -2.31. The van der Waals surface area contributed by atoms with Crippen molar-refractivity contribution >= 4 is 17.0 Å². The molecule has 4 aliphatic rings. The standard InChI is InChI=1S/C31H30N2/c1-20-17-27-24-12-6-8-14-30(24)33(22-9-3-2-4-10-22)31(27)19-25(20)21-15-16-29-26(18-21)23-11-5-7-13-28(23)32-29/h2-6,8-12,14,18-20,26,29,32H,7,13,15-17H2,1H3. The Labute approximate surface area is 196 Å². The summed E-state index contributed by atoms with van der Waals surface area (Å²) in [7, 11) is 0. The average Bonchev–Trinajstić information content (AvgIpc) is 3.39. The van der Waals surface area contributed by atoms with Gasteiger partial charge in [-0.15, -0.1) is 0 Å². The molecule has 0 bridgehead atoms. The van der Waals surface area contributed by atoms with Crippen molar-refractivity contribution in [3.8, 4) is 5.69 Å². The van der Waals surface area contributed by atoms with Crippen LogP contribution in [0.3, 0.4) is 0 Å². The maximum absolute atomic E-state index is 3.85. The summed E-state index contributed by atoms with van der Waals surface area (Å²) in [5.74, 6) is 1.08. The lowest BCUT2D eigenvalue weighted by Gasteiger charge is -2.31. The van der Waals surface area contributed by atoms with Crippen molar-refractivity contribution in [2.24, 2.45) is 11.8 Å². The van der Waals surface area contributed by atoms with Crippen LogP contribution in [0.4, 0.5) is 0 Å². The third kappa shape index (κ3) is 2.93. The largest absolute Gasteiger partial charge is 0.384 e. The Bertz CT molecular complexity index is 1380. The van der Waals surface area contributed by atoms with Crippen LogP contribution in [0.1, 0.15) is 43.9 Å². The van der Waals surface area contributed by atoms with Crippen molar-refractivity contribution in [2.45, 2.75) is 45.1 Å². The molecule has 3 unspecified atom stereocenters. The fourth-order valence-electron chi connectivity index (χ4n) is 6.65. The fraction of sp³-hybridized carbons (Fsp3) is 0.290. The van der Waals surface area contributed by atoms with Crippen molar-refractivity contribution in [2.75, 3.05) is 0 Å². The van der Waals surface area contributed by atoms with Crippen LogP contribution >= 0.6 is 0 Å². The van der Waals surface area contributed by atoms with E-state index >= 15 is 0 Å². The van der Waals surface area contributed by atoms with Gasteiger partial charge in [0.05, 0.1) is 11.2 Å². The number of allylic oxidation sites excluding steroid dienone is 5. The van der Waals surface area contributed by atoms with E-state index in [0.29, 0.717) is 17.9 Å². The van der Waals surface area contributed by atoms with Gasteiger partial charge in [0.1, 0.15) is 0 Å². The first kappa shape index (κ1) is 19.2. The lowest BCUT2D eigenvalue weighted by molar-refractivity contribution is 0.469. The second-order valence-corrected chi connectivity index (χ2v) is 10.1. The molecule has 2 heteroatoms. The molecule has 0 amide bonds. The normalized spacial score (nSPS) is 25.8. The summed E-state index contributed by atoms with van der Waals surface area (Å²) in [4.78, 5) is 0. The minimum atomic E-state index is 0.537. The molecular formula is C31H30N2. The molecule has 0 fully saturated rings. The van der Waals surface area contributed by atoms with Crippen molar-refractivity contribution in [1.82, 2.24) is 9.88 Å². The van der Waals surface area contributed by atoms with E-state index in [1.165, 1.54) is 59.2 Å². The summed E-state index contributed by atoms with van der Waals surface area (Å²) >= 11 is 0. The Morgan fingerprint density at radius 3 is 2.73 bits per heavy atom. The first-order valence-electron chi connectivity index (χ1n) is 12.5. The van der Waals surface area contributed by atoms with Crippen LogP contribution in [0, 0.1) is 11.8 Å². The van der Waals surface area contributed by atoms with Gasteiger partial charge in [-0.25, -0.2) is 0 Å². The molecule has 0 radical (unpaired) electrons. The summed E-state index contributed by atoms with van der Waals surface area (Å²) in [6.07, 6.45) is 15.8. The second kappa shape index (κ2) is 7.38. The Morgan fingerprint density at radius 2 is 1.82 bits per heavy atom. The molecule has 2 nitrogen and oxygen atoms in total. The minimum absolute atomic E-state index is 0.537. The SMILES string of the molecule is CC1Cc2c(n(-c3ccccc3)c3ccccc23)C=C1C1=CC2C3=C(CCC=C3)NC2CC1. The number of aromatic nitrogens is 1. The minimum Gasteiger partial charge on any atom is -0.384 e. The van der Waals surface area contributed by atoms with E-state index < -0.39 is 0 Å². The average molecular weight is 431 g/mol. The van der Waals surface area contributed by atoms with E-state index in [1.807, 2.05) is 0 Å². The molecule has 3 atom stereocenters. The Hall–Kier alpha value is -3.26. The molecule has 2 aromatic carbocycles. The molecule has 0 saturated heterocycles. The van der Waals surface area contributed by atoms with Crippen molar-refractivity contribution in [3.05, 3.63) is 106 Å².